The van der Waals surface area contributed by atoms with Crippen LogP contribution in [-0.4, -0.2) is 40.6 Å². The van der Waals surface area contributed by atoms with Gasteiger partial charge in [0.25, 0.3) is 15.9 Å². The predicted molar refractivity (Wildman–Crippen MR) is 103 cm³/mol. The summed E-state index contributed by atoms with van der Waals surface area (Å²) >= 11 is 1.17. The molecular weight excluding hydrogens is 374 g/mol. The average Bonchev–Trinajstić information content (AvgIpc) is 3.15. The number of nitrogens with one attached hydrogen (secondary N) is 1. The van der Waals surface area contributed by atoms with Crippen LogP contribution in [0.1, 0.15) is 13.3 Å². The highest BCUT2D eigenvalue weighted by Crippen LogP contribution is 2.26. The summed E-state index contributed by atoms with van der Waals surface area (Å²) in [5.41, 5.74) is 6.12. The molecule has 2 aromatic rings. The molecule has 1 atom stereocenters. The van der Waals surface area contributed by atoms with Crippen LogP contribution in [0.3, 0.4) is 0 Å². The lowest BCUT2D eigenvalue weighted by Gasteiger charge is -2.18. The van der Waals surface area contributed by atoms with E-state index < -0.39 is 10.0 Å². The quantitative estimate of drug-likeness (QED) is 0.672. The molecule has 0 bridgehead atoms. The fourth-order valence-electron chi connectivity index (χ4n) is 2.08. The number of hydrogen-bond donors (Lipinski definition) is 2. The number of ether oxygens (including phenoxy) is 1. The van der Waals surface area contributed by atoms with Crippen LogP contribution >= 0.6 is 11.3 Å². The van der Waals surface area contributed by atoms with Gasteiger partial charge in [-0.05, 0) is 49.1 Å². The normalized spacial score (nSPS) is 12.4. The van der Waals surface area contributed by atoms with Gasteiger partial charge in [0.05, 0.1) is 5.69 Å². The van der Waals surface area contributed by atoms with Crippen molar-refractivity contribution in [3.8, 4) is 5.75 Å². The molecule has 0 aliphatic heterocycles. The first-order valence-electron chi connectivity index (χ1n) is 8.08. The summed E-state index contributed by atoms with van der Waals surface area (Å²) in [6.07, 6.45) is 0.700. The largest absolute Gasteiger partial charge is 0.484 e. The lowest BCUT2D eigenvalue weighted by atomic mass is 10.2. The van der Waals surface area contributed by atoms with Crippen LogP contribution < -0.4 is 20.1 Å². The van der Waals surface area contributed by atoms with Gasteiger partial charge in [0.2, 0.25) is 0 Å². The van der Waals surface area contributed by atoms with Gasteiger partial charge in [-0.3, -0.25) is 9.10 Å². The summed E-state index contributed by atoms with van der Waals surface area (Å²) in [4.78, 5) is 11.7. The molecular formula is C17H23N3O4S2. The highest BCUT2D eigenvalue weighted by molar-refractivity contribution is 7.94. The van der Waals surface area contributed by atoms with E-state index in [2.05, 4.69) is 5.32 Å². The standard InChI is InChI=1S/C17H23N3O4S2/c1-13(18)9-10-19-16(21)12-24-15-7-5-14(6-8-15)20(2)26(22,23)17-4-3-11-25-17/h3-8,11,13H,9-10,12,18H2,1-2H3,(H,19,21). The Hall–Kier alpha value is -2.10. The topological polar surface area (TPSA) is 102 Å². The number of amides is 1. The van der Waals surface area contributed by atoms with Crippen LogP contribution in [0.2, 0.25) is 0 Å². The van der Waals surface area contributed by atoms with E-state index in [-0.39, 0.29) is 22.8 Å². The third-order valence-electron chi connectivity index (χ3n) is 3.60. The number of anilines is 1. The lowest BCUT2D eigenvalue weighted by Crippen LogP contribution is -2.32. The van der Waals surface area contributed by atoms with E-state index in [1.54, 1.807) is 41.8 Å². The molecule has 0 saturated carbocycles. The Bertz CT molecular complexity index is 803. The summed E-state index contributed by atoms with van der Waals surface area (Å²) < 4.78 is 31.9. The molecule has 0 aliphatic carbocycles. The maximum atomic E-state index is 12.5. The summed E-state index contributed by atoms with van der Waals surface area (Å²) in [6.45, 7) is 2.27. The number of hydrogen-bond acceptors (Lipinski definition) is 6. The lowest BCUT2D eigenvalue weighted by molar-refractivity contribution is -0.123. The number of nitrogens with zero attached hydrogens (tertiary/aromatic N) is 1. The number of nitrogens with two attached hydrogens (primary N) is 1. The zero-order valence-corrected chi connectivity index (χ0v) is 16.3. The minimum Gasteiger partial charge on any atom is -0.484 e. The molecule has 0 aliphatic rings. The molecule has 0 radical (unpaired) electrons. The maximum Gasteiger partial charge on any atom is 0.273 e. The Morgan fingerprint density at radius 1 is 1.31 bits per heavy atom. The highest BCUT2D eigenvalue weighted by Gasteiger charge is 2.22. The van der Waals surface area contributed by atoms with Crippen molar-refractivity contribution >= 4 is 33.0 Å². The van der Waals surface area contributed by atoms with Crippen LogP contribution in [0.5, 0.6) is 5.75 Å². The molecule has 1 unspecified atom stereocenters. The number of sulfonamides is 1. The van der Waals surface area contributed by atoms with Gasteiger partial charge < -0.3 is 15.8 Å². The van der Waals surface area contributed by atoms with Crippen molar-refractivity contribution in [2.45, 2.75) is 23.6 Å². The second kappa shape index (κ2) is 9.02. The maximum absolute atomic E-state index is 12.5. The van der Waals surface area contributed by atoms with Crippen molar-refractivity contribution in [1.29, 1.82) is 0 Å². The Kier molecular flexibility index (Phi) is 7.01. The molecule has 1 amide bonds. The summed E-state index contributed by atoms with van der Waals surface area (Å²) in [7, 11) is -2.07. The first-order chi connectivity index (χ1) is 12.3. The van der Waals surface area contributed by atoms with Gasteiger partial charge in [0, 0.05) is 19.6 Å². The summed E-state index contributed by atoms with van der Waals surface area (Å²) in [5, 5.41) is 4.44. The molecule has 0 saturated heterocycles. The van der Waals surface area contributed by atoms with Crippen molar-refractivity contribution in [2.24, 2.45) is 5.73 Å². The molecule has 1 aromatic heterocycles. The SMILES string of the molecule is CC(N)CCNC(=O)COc1ccc(N(C)S(=O)(=O)c2cccs2)cc1. The van der Waals surface area contributed by atoms with E-state index in [1.165, 1.54) is 22.7 Å². The van der Waals surface area contributed by atoms with Gasteiger partial charge in [-0.2, -0.15) is 0 Å². The Balaban J connectivity index is 1.91. The Labute approximate surface area is 157 Å². The van der Waals surface area contributed by atoms with E-state index in [1.807, 2.05) is 6.92 Å². The van der Waals surface area contributed by atoms with Crippen molar-refractivity contribution in [2.75, 3.05) is 24.5 Å². The Morgan fingerprint density at radius 3 is 2.58 bits per heavy atom. The second-order valence-corrected chi connectivity index (χ2v) is 8.95. The van der Waals surface area contributed by atoms with E-state index >= 15 is 0 Å². The third-order valence-corrected chi connectivity index (χ3v) is 6.76. The highest BCUT2D eigenvalue weighted by atomic mass is 32.2. The van der Waals surface area contributed by atoms with Crippen LogP contribution in [-0.2, 0) is 14.8 Å². The zero-order chi connectivity index (χ0) is 19.2. The number of rotatable bonds is 9. The number of benzene rings is 1. The molecule has 142 valence electrons. The van der Waals surface area contributed by atoms with E-state index in [9.17, 15) is 13.2 Å². The molecule has 0 spiro atoms. The fraction of sp³-hybridized carbons (Fsp3) is 0.353. The first-order valence-corrected chi connectivity index (χ1v) is 10.4. The van der Waals surface area contributed by atoms with E-state index in [0.717, 1.165) is 0 Å². The molecule has 2 rings (SSSR count). The van der Waals surface area contributed by atoms with Crippen molar-refractivity contribution in [3.63, 3.8) is 0 Å². The molecule has 1 aromatic carbocycles. The van der Waals surface area contributed by atoms with Crippen molar-refractivity contribution in [3.05, 3.63) is 41.8 Å². The van der Waals surface area contributed by atoms with E-state index in [4.69, 9.17) is 10.5 Å². The van der Waals surface area contributed by atoms with Crippen LogP contribution in [0.15, 0.2) is 46.0 Å². The van der Waals surface area contributed by atoms with Gasteiger partial charge >= 0.3 is 0 Å². The number of carbonyl (C=O) groups is 1. The van der Waals surface area contributed by atoms with Gasteiger partial charge in [0.1, 0.15) is 9.96 Å². The summed E-state index contributed by atoms with van der Waals surface area (Å²) in [6, 6.07) is 9.82. The fourth-order valence-corrected chi connectivity index (χ4v) is 4.43. The van der Waals surface area contributed by atoms with Gasteiger partial charge in [0.15, 0.2) is 6.61 Å². The molecule has 26 heavy (non-hydrogen) atoms. The number of carbonyl (C=O) groups excluding carboxylic acids is 1. The number of thiophene rings is 1. The molecule has 7 nitrogen and oxygen atoms in total. The van der Waals surface area contributed by atoms with Crippen molar-refractivity contribution in [1.82, 2.24) is 5.32 Å². The first kappa shape index (κ1) is 20.2. The van der Waals surface area contributed by atoms with Gasteiger partial charge in [-0.1, -0.05) is 6.07 Å². The molecule has 1 heterocycles. The van der Waals surface area contributed by atoms with Crippen LogP contribution in [0, 0.1) is 0 Å². The molecule has 0 fully saturated rings. The molecule has 9 heteroatoms. The Morgan fingerprint density at radius 2 is 2.00 bits per heavy atom. The minimum atomic E-state index is -3.57. The van der Waals surface area contributed by atoms with Crippen LogP contribution in [0.4, 0.5) is 5.69 Å². The zero-order valence-electron chi connectivity index (χ0n) is 14.7. The van der Waals surface area contributed by atoms with Crippen LogP contribution in [0.25, 0.3) is 0 Å². The second-order valence-electron chi connectivity index (χ2n) is 5.80. The minimum absolute atomic E-state index is 0.0335. The average molecular weight is 398 g/mol. The smallest absolute Gasteiger partial charge is 0.273 e. The molecule has 3 N–H and O–H groups in total. The third kappa shape index (κ3) is 5.45. The monoisotopic (exact) mass is 397 g/mol. The van der Waals surface area contributed by atoms with E-state index in [0.29, 0.717) is 24.4 Å². The predicted octanol–water partition coefficient (Wildman–Crippen LogP) is 1.81. The summed E-state index contributed by atoms with van der Waals surface area (Å²) in [5.74, 6) is 0.255. The van der Waals surface area contributed by atoms with Gasteiger partial charge in [-0.15, -0.1) is 11.3 Å². The van der Waals surface area contributed by atoms with Gasteiger partial charge in [-0.25, -0.2) is 8.42 Å². The van der Waals surface area contributed by atoms with Crippen molar-refractivity contribution < 1.29 is 17.9 Å².